The fraction of sp³-hybridized carbons (Fsp3) is 0.333. The summed E-state index contributed by atoms with van der Waals surface area (Å²) in [5.41, 5.74) is 7.83. The van der Waals surface area contributed by atoms with Crippen LogP contribution in [0.15, 0.2) is 23.1 Å². The van der Waals surface area contributed by atoms with Crippen molar-refractivity contribution in [1.29, 1.82) is 0 Å². The summed E-state index contributed by atoms with van der Waals surface area (Å²) in [6.45, 7) is 0.893. The van der Waals surface area contributed by atoms with Gasteiger partial charge in [-0.05, 0) is 15.9 Å². The van der Waals surface area contributed by atoms with Gasteiger partial charge in [0.2, 0.25) is 0 Å². The molecule has 0 aromatic carbocycles. The maximum absolute atomic E-state index is 13.3. The summed E-state index contributed by atoms with van der Waals surface area (Å²) in [5, 5.41) is 8.55. The Morgan fingerprint density at radius 1 is 1.05 bits per heavy atom. The first kappa shape index (κ1) is 27.8. The highest BCUT2D eigenvalue weighted by Crippen LogP contribution is 2.35. The van der Waals surface area contributed by atoms with E-state index in [-0.39, 0.29) is 42.5 Å². The molecular formula is C18H17BrF6N10O2. The lowest BCUT2D eigenvalue weighted by Gasteiger charge is -2.29. The molecule has 0 unspecified atom stereocenters. The number of alkyl halides is 6. The molecule has 19 heteroatoms. The first-order valence-electron chi connectivity index (χ1n) is 10.0. The zero-order valence-electron chi connectivity index (χ0n) is 18.4. The standard InChI is InChI=1S/C13H14F3N7O2.C5H3BrF3N3/c14-13(15,16)9-11(23-3-5-25-6-4-23)20-8(10(17)21-9)12(24)19-7-1-2-18-22-7;6-4-3(5(7,8)9)12-2(10)1-11-4/h1-2H,3-6H2,(H2,17,21)(H2,18,19,22,24);1H,(H2,10,12). The second kappa shape index (κ2) is 11.1. The van der Waals surface area contributed by atoms with E-state index in [1.54, 1.807) is 0 Å². The number of nitrogens with zero attached hydrogens (tertiary/aromatic N) is 6. The minimum absolute atomic E-state index is 0.198. The summed E-state index contributed by atoms with van der Waals surface area (Å²) in [4.78, 5) is 27.3. The molecule has 0 spiro atoms. The van der Waals surface area contributed by atoms with Crippen LogP contribution in [0.1, 0.15) is 21.9 Å². The van der Waals surface area contributed by atoms with Gasteiger partial charge in [-0.1, -0.05) is 0 Å². The molecule has 0 aliphatic carbocycles. The lowest BCUT2D eigenvalue weighted by atomic mass is 10.3. The number of nitrogens with two attached hydrogens (primary N) is 2. The number of carbonyl (C=O) groups excluding carboxylic acids is 1. The average Bonchev–Trinajstić information content (AvgIpc) is 3.33. The maximum atomic E-state index is 13.3. The van der Waals surface area contributed by atoms with Gasteiger partial charge in [-0.3, -0.25) is 9.89 Å². The molecule has 3 aromatic heterocycles. The third kappa shape index (κ3) is 7.15. The molecule has 12 nitrogen and oxygen atoms in total. The van der Waals surface area contributed by atoms with Gasteiger partial charge in [-0.2, -0.15) is 31.4 Å². The number of aromatic amines is 1. The van der Waals surface area contributed by atoms with E-state index < -0.39 is 47.0 Å². The smallest absolute Gasteiger partial charge is 0.382 e. The van der Waals surface area contributed by atoms with E-state index in [9.17, 15) is 31.1 Å². The molecule has 37 heavy (non-hydrogen) atoms. The van der Waals surface area contributed by atoms with Gasteiger partial charge < -0.3 is 26.4 Å². The Bertz CT molecular complexity index is 1230. The molecule has 4 rings (SSSR count). The van der Waals surface area contributed by atoms with Crippen LogP contribution in [0.5, 0.6) is 0 Å². The van der Waals surface area contributed by atoms with Gasteiger partial charge in [0.05, 0.1) is 25.6 Å². The van der Waals surface area contributed by atoms with Crippen molar-refractivity contribution in [2.75, 3.05) is 48.0 Å². The number of hydrogen-bond donors (Lipinski definition) is 4. The number of nitrogen functional groups attached to an aromatic ring is 2. The van der Waals surface area contributed by atoms with Gasteiger partial charge in [0.15, 0.2) is 28.7 Å². The fourth-order valence-corrected chi connectivity index (χ4v) is 3.28. The van der Waals surface area contributed by atoms with Gasteiger partial charge in [-0.15, -0.1) is 0 Å². The first-order valence-corrected chi connectivity index (χ1v) is 10.8. The number of amides is 1. The summed E-state index contributed by atoms with van der Waals surface area (Å²) < 4.78 is 80.8. The number of nitrogens with one attached hydrogen (secondary N) is 2. The number of morpholine rings is 1. The van der Waals surface area contributed by atoms with E-state index in [2.05, 4.69) is 51.4 Å². The number of carbonyl (C=O) groups is 1. The van der Waals surface area contributed by atoms with Crippen molar-refractivity contribution in [3.8, 4) is 0 Å². The Balaban J connectivity index is 0.000000266. The molecule has 1 aliphatic rings. The van der Waals surface area contributed by atoms with Gasteiger partial charge in [-0.25, -0.2) is 19.9 Å². The molecule has 0 radical (unpaired) electrons. The highest BCUT2D eigenvalue weighted by molar-refractivity contribution is 9.10. The van der Waals surface area contributed by atoms with Gasteiger partial charge in [0.25, 0.3) is 5.91 Å². The predicted molar refractivity (Wildman–Crippen MR) is 120 cm³/mol. The van der Waals surface area contributed by atoms with Crippen molar-refractivity contribution in [2.45, 2.75) is 12.4 Å². The number of anilines is 4. The lowest BCUT2D eigenvalue weighted by molar-refractivity contribution is -0.142. The molecule has 200 valence electrons. The van der Waals surface area contributed by atoms with Crippen LogP contribution < -0.4 is 21.7 Å². The van der Waals surface area contributed by atoms with Crippen molar-refractivity contribution in [3.05, 3.63) is 40.1 Å². The van der Waals surface area contributed by atoms with E-state index in [1.807, 2.05) is 0 Å². The largest absolute Gasteiger partial charge is 0.437 e. The van der Waals surface area contributed by atoms with Crippen LogP contribution in [0.2, 0.25) is 0 Å². The van der Waals surface area contributed by atoms with Gasteiger partial charge >= 0.3 is 12.4 Å². The van der Waals surface area contributed by atoms with E-state index in [0.29, 0.717) is 0 Å². The minimum atomic E-state index is -4.76. The number of H-pyrrole nitrogens is 1. The number of hydrogen-bond acceptors (Lipinski definition) is 10. The van der Waals surface area contributed by atoms with E-state index in [1.165, 1.54) is 17.2 Å². The number of halogens is 7. The van der Waals surface area contributed by atoms with E-state index in [0.717, 1.165) is 6.20 Å². The second-order valence-electron chi connectivity index (χ2n) is 7.08. The van der Waals surface area contributed by atoms with E-state index >= 15 is 0 Å². The van der Waals surface area contributed by atoms with Crippen molar-refractivity contribution >= 4 is 45.1 Å². The Labute approximate surface area is 212 Å². The fourth-order valence-electron chi connectivity index (χ4n) is 2.87. The molecule has 0 saturated carbocycles. The molecule has 1 fully saturated rings. The van der Waals surface area contributed by atoms with Crippen LogP contribution in [0.25, 0.3) is 0 Å². The highest BCUT2D eigenvalue weighted by Gasteiger charge is 2.40. The molecule has 1 saturated heterocycles. The minimum Gasteiger partial charge on any atom is -0.382 e. The van der Waals surface area contributed by atoms with Crippen LogP contribution >= 0.6 is 15.9 Å². The van der Waals surface area contributed by atoms with Crippen molar-refractivity contribution in [2.24, 2.45) is 0 Å². The quantitative estimate of drug-likeness (QED) is 0.328. The topological polar surface area (TPSA) is 174 Å². The Hall–Kier alpha value is -3.74. The van der Waals surface area contributed by atoms with Crippen LogP contribution in [0.4, 0.5) is 49.6 Å². The maximum Gasteiger partial charge on any atom is 0.437 e. The third-order valence-electron chi connectivity index (χ3n) is 4.46. The monoisotopic (exact) mass is 598 g/mol. The molecular weight excluding hydrogens is 582 g/mol. The van der Waals surface area contributed by atoms with Gasteiger partial charge in [0.1, 0.15) is 16.2 Å². The molecule has 3 aromatic rings. The summed E-state index contributed by atoms with van der Waals surface area (Å²) in [5.74, 6) is -1.86. The molecule has 6 N–H and O–H groups in total. The molecule has 1 amide bonds. The Kier molecular flexibility index (Phi) is 8.36. The summed E-state index contributed by atoms with van der Waals surface area (Å²) in [6.07, 6.45) is -6.84. The molecule has 1 aliphatic heterocycles. The lowest BCUT2D eigenvalue weighted by Crippen LogP contribution is -2.39. The van der Waals surface area contributed by atoms with Crippen LogP contribution in [0, 0.1) is 0 Å². The van der Waals surface area contributed by atoms with Crippen LogP contribution in [-0.4, -0.2) is 62.3 Å². The first-order chi connectivity index (χ1) is 17.3. The number of rotatable bonds is 3. The summed E-state index contributed by atoms with van der Waals surface area (Å²) >= 11 is 2.62. The Morgan fingerprint density at radius 2 is 1.70 bits per heavy atom. The third-order valence-corrected chi connectivity index (χ3v) is 5.04. The van der Waals surface area contributed by atoms with Crippen LogP contribution in [-0.2, 0) is 17.1 Å². The molecule has 4 heterocycles. The van der Waals surface area contributed by atoms with Gasteiger partial charge in [0, 0.05) is 19.2 Å². The number of ether oxygens (including phenoxy) is 1. The SMILES string of the molecule is Nc1cnc(Br)c(C(F)(F)F)n1.Nc1nc(C(F)(F)F)c(N2CCOCC2)nc1C(=O)Nc1ccn[nH]1. The zero-order valence-corrected chi connectivity index (χ0v) is 19.9. The predicted octanol–water partition coefficient (Wildman–Crippen LogP) is 2.73. The molecule has 0 atom stereocenters. The summed E-state index contributed by atoms with van der Waals surface area (Å²) in [6, 6.07) is 1.47. The highest BCUT2D eigenvalue weighted by atomic mass is 79.9. The summed E-state index contributed by atoms with van der Waals surface area (Å²) in [7, 11) is 0. The number of aromatic nitrogens is 6. The van der Waals surface area contributed by atoms with Crippen molar-refractivity contribution < 1.29 is 35.9 Å². The van der Waals surface area contributed by atoms with Crippen molar-refractivity contribution in [1.82, 2.24) is 30.1 Å². The molecule has 0 bridgehead atoms. The Morgan fingerprint density at radius 3 is 2.24 bits per heavy atom. The second-order valence-corrected chi connectivity index (χ2v) is 7.83. The van der Waals surface area contributed by atoms with E-state index in [4.69, 9.17) is 16.2 Å². The van der Waals surface area contributed by atoms with Crippen LogP contribution in [0.3, 0.4) is 0 Å². The average molecular weight is 599 g/mol. The van der Waals surface area contributed by atoms with Crippen molar-refractivity contribution in [3.63, 3.8) is 0 Å². The zero-order chi connectivity index (χ0) is 27.4. The normalized spacial score (nSPS) is 14.1.